The molecule has 0 radical (unpaired) electrons. The van der Waals surface area contributed by atoms with E-state index >= 15 is 0 Å². The van der Waals surface area contributed by atoms with Gasteiger partial charge in [-0.15, -0.1) is 0 Å². The maximum Gasteiger partial charge on any atom is 0.186 e. The number of carbonyl (C=O) groups excluding carboxylic acids is 1. The van der Waals surface area contributed by atoms with E-state index in [1.165, 1.54) is 28.5 Å². The molecule has 0 aliphatic heterocycles. The Morgan fingerprint density at radius 2 is 1.65 bits per heavy atom. The fourth-order valence-corrected chi connectivity index (χ4v) is 2.35. The maximum atomic E-state index is 10.8. The molecule has 0 saturated heterocycles. The van der Waals surface area contributed by atoms with Crippen LogP contribution in [-0.2, 0) is 11.2 Å². The van der Waals surface area contributed by atoms with Gasteiger partial charge in [0.15, 0.2) is 5.12 Å². The summed E-state index contributed by atoms with van der Waals surface area (Å²) >= 11 is 1.33. The predicted octanol–water partition coefficient (Wildman–Crippen LogP) is 4.57. The number of rotatable bonds is 5. The molecule has 0 aliphatic carbocycles. The fourth-order valence-electron chi connectivity index (χ4n) is 1.93. The van der Waals surface area contributed by atoms with Crippen molar-refractivity contribution in [2.75, 3.05) is 5.75 Å². The standard InChI is InChI=1S/C18H18OS/c1-15(19)20-13-5-8-16-9-11-18(12-10-16)14-17-6-3-2-4-7-17/h2-12H,13-14H2,1H3. The van der Waals surface area contributed by atoms with Crippen LogP contribution in [0.2, 0.25) is 0 Å². The number of hydrogen-bond donors (Lipinski definition) is 0. The highest BCUT2D eigenvalue weighted by atomic mass is 32.2. The van der Waals surface area contributed by atoms with Crippen molar-refractivity contribution in [3.8, 4) is 0 Å². The highest BCUT2D eigenvalue weighted by Gasteiger charge is 1.95. The Hall–Kier alpha value is -1.80. The Labute approximate surface area is 124 Å². The molecule has 2 aromatic rings. The second-order valence-electron chi connectivity index (χ2n) is 4.61. The van der Waals surface area contributed by atoms with Crippen LogP contribution in [0.15, 0.2) is 60.7 Å². The summed E-state index contributed by atoms with van der Waals surface area (Å²) < 4.78 is 0. The van der Waals surface area contributed by atoms with E-state index in [0.29, 0.717) is 0 Å². The Balaban J connectivity index is 1.91. The van der Waals surface area contributed by atoms with Crippen molar-refractivity contribution in [1.29, 1.82) is 0 Å². The molecule has 0 heterocycles. The van der Waals surface area contributed by atoms with Crippen LogP contribution in [0.3, 0.4) is 0 Å². The third-order valence-corrected chi connectivity index (χ3v) is 3.69. The normalized spacial score (nSPS) is 10.8. The third-order valence-electron chi connectivity index (χ3n) is 2.92. The van der Waals surface area contributed by atoms with Crippen molar-refractivity contribution in [2.45, 2.75) is 13.3 Å². The van der Waals surface area contributed by atoms with Crippen molar-refractivity contribution >= 4 is 23.0 Å². The zero-order valence-electron chi connectivity index (χ0n) is 11.6. The van der Waals surface area contributed by atoms with Crippen LogP contribution in [0.5, 0.6) is 0 Å². The Bertz CT molecular complexity index is 570. The lowest BCUT2D eigenvalue weighted by atomic mass is 10.0. The Morgan fingerprint density at radius 3 is 2.30 bits per heavy atom. The monoisotopic (exact) mass is 282 g/mol. The van der Waals surface area contributed by atoms with Crippen molar-refractivity contribution in [3.63, 3.8) is 0 Å². The van der Waals surface area contributed by atoms with E-state index in [1.54, 1.807) is 6.92 Å². The van der Waals surface area contributed by atoms with Crippen LogP contribution >= 0.6 is 11.8 Å². The number of hydrogen-bond acceptors (Lipinski definition) is 2. The summed E-state index contributed by atoms with van der Waals surface area (Å²) in [6.07, 6.45) is 5.05. The first-order valence-electron chi connectivity index (χ1n) is 6.67. The minimum Gasteiger partial charge on any atom is -0.288 e. The number of carbonyl (C=O) groups is 1. The van der Waals surface area contributed by atoms with Crippen LogP contribution in [0.1, 0.15) is 23.6 Å². The first-order chi connectivity index (χ1) is 9.74. The molecule has 1 nitrogen and oxygen atoms in total. The van der Waals surface area contributed by atoms with Gasteiger partial charge >= 0.3 is 0 Å². The lowest BCUT2D eigenvalue weighted by Crippen LogP contribution is -1.87. The van der Waals surface area contributed by atoms with E-state index in [4.69, 9.17) is 0 Å². The van der Waals surface area contributed by atoms with Gasteiger partial charge in [0, 0.05) is 12.7 Å². The minimum atomic E-state index is 0.160. The van der Waals surface area contributed by atoms with Crippen molar-refractivity contribution in [3.05, 3.63) is 77.4 Å². The zero-order chi connectivity index (χ0) is 14.2. The van der Waals surface area contributed by atoms with Crippen molar-refractivity contribution in [2.24, 2.45) is 0 Å². The molecule has 0 saturated carbocycles. The zero-order valence-corrected chi connectivity index (χ0v) is 12.4. The van der Waals surface area contributed by atoms with E-state index in [0.717, 1.165) is 12.2 Å². The van der Waals surface area contributed by atoms with Gasteiger partial charge in [0.2, 0.25) is 0 Å². The summed E-state index contributed by atoms with van der Waals surface area (Å²) in [5, 5.41) is 0.160. The summed E-state index contributed by atoms with van der Waals surface area (Å²) in [6, 6.07) is 19.0. The summed E-state index contributed by atoms with van der Waals surface area (Å²) in [5.74, 6) is 0.737. The number of thioether (sulfide) groups is 1. The highest BCUT2D eigenvalue weighted by Crippen LogP contribution is 2.12. The smallest absolute Gasteiger partial charge is 0.186 e. The lowest BCUT2D eigenvalue weighted by molar-refractivity contribution is -0.109. The van der Waals surface area contributed by atoms with Gasteiger partial charge in [-0.05, 0) is 23.1 Å². The second-order valence-corrected chi connectivity index (χ2v) is 5.81. The molecule has 0 spiro atoms. The van der Waals surface area contributed by atoms with Gasteiger partial charge in [-0.25, -0.2) is 0 Å². The second kappa shape index (κ2) is 7.71. The average molecular weight is 282 g/mol. The molecular weight excluding hydrogens is 264 g/mol. The fraction of sp³-hybridized carbons (Fsp3) is 0.167. The molecule has 0 N–H and O–H groups in total. The summed E-state index contributed by atoms with van der Waals surface area (Å²) in [7, 11) is 0. The van der Waals surface area contributed by atoms with Gasteiger partial charge in [0.05, 0.1) is 0 Å². The molecule has 0 atom stereocenters. The molecule has 0 fully saturated rings. The van der Waals surface area contributed by atoms with Gasteiger partial charge in [-0.3, -0.25) is 4.79 Å². The van der Waals surface area contributed by atoms with Crippen LogP contribution in [0, 0.1) is 0 Å². The highest BCUT2D eigenvalue weighted by molar-refractivity contribution is 8.13. The van der Waals surface area contributed by atoms with E-state index < -0.39 is 0 Å². The van der Waals surface area contributed by atoms with E-state index in [2.05, 4.69) is 54.6 Å². The molecule has 102 valence electrons. The van der Waals surface area contributed by atoms with Crippen molar-refractivity contribution in [1.82, 2.24) is 0 Å². The molecule has 20 heavy (non-hydrogen) atoms. The van der Waals surface area contributed by atoms with Gasteiger partial charge in [0.1, 0.15) is 0 Å². The molecule has 0 aliphatic rings. The van der Waals surface area contributed by atoms with Crippen LogP contribution in [0.25, 0.3) is 6.08 Å². The van der Waals surface area contributed by atoms with E-state index in [1.807, 2.05) is 12.1 Å². The molecule has 2 aromatic carbocycles. The molecular formula is C18H18OS. The molecule has 0 bridgehead atoms. The van der Waals surface area contributed by atoms with E-state index in [9.17, 15) is 4.79 Å². The molecule has 2 rings (SSSR count). The molecule has 0 aromatic heterocycles. The largest absolute Gasteiger partial charge is 0.288 e. The minimum absolute atomic E-state index is 0.160. The van der Waals surface area contributed by atoms with Gasteiger partial charge in [-0.2, -0.15) is 0 Å². The van der Waals surface area contributed by atoms with Gasteiger partial charge in [0.25, 0.3) is 0 Å². The van der Waals surface area contributed by atoms with Crippen molar-refractivity contribution < 1.29 is 4.79 Å². The van der Waals surface area contributed by atoms with Crippen LogP contribution in [0.4, 0.5) is 0 Å². The lowest BCUT2D eigenvalue weighted by Gasteiger charge is -2.02. The summed E-state index contributed by atoms with van der Waals surface area (Å²) in [4.78, 5) is 10.8. The SMILES string of the molecule is CC(=O)SCC=Cc1ccc(Cc2ccccc2)cc1. The van der Waals surface area contributed by atoms with Crippen LogP contribution in [-0.4, -0.2) is 10.9 Å². The summed E-state index contributed by atoms with van der Waals surface area (Å²) in [5.41, 5.74) is 3.81. The maximum absolute atomic E-state index is 10.8. The molecule has 0 unspecified atom stereocenters. The predicted molar refractivity (Wildman–Crippen MR) is 87.9 cm³/mol. The molecule has 2 heteroatoms. The molecule has 0 amide bonds. The quantitative estimate of drug-likeness (QED) is 0.799. The first kappa shape index (κ1) is 14.6. The van der Waals surface area contributed by atoms with E-state index in [-0.39, 0.29) is 5.12 Å². The third kappa shape index (κ3) is 5.06. The van der Waals surface area contributed by atoms with Gasteiger partial charge < -0.3 is 0 Å². The summed E-state index contributed by atoms with van der Waals surface area (Å²) in [6.45, 7) is 1.59. The Kier molecular flexibility index (Phi) is 5.63. The topological polar surface area (TPSA) is 17.1 Å². The van der Waals surface area contributed by atoms with Gasteiger partial charge in [-0.1, -0.05) is 78.5 Å². The number of benzene rings is 2. The Morgan fingerprint density at radius 1 is 1.00 bits per heavy atom. The van der Waals surface area contributed by atoms with Crippen LogP contribution < -0.4 is 0 Å². The first-order valence-corrected chi connectivity index (χ1v) is 7.65. The average Bonchev–Trinajstić information content (AvgIpc) is 2.46.